The normalized spacial score (nSPS) is 14.1. The summed E-state index contributed by atoms with van der Waals surface area (Å²) in [5.74, 6) is 3.70. The molecule has 0 saturated carbocycles. The Morgan fingerprint density at radius 1 is 0.276 bits per heavy atom. The number of unbranched alkanes of at least 4 members (excludes halogenated alkanes) is 10. The summed E-state index contributed by atoms with van der Waals surface area (Å²) < 4.78 is 0. The van der Waals surface area contributed by atoms with Gasteiger partial charge in [-0.1, -0.05) is 164 Å². The van der Waals surface area contributed by atoms with Crippen LogP contribution in [0.25, 0.3) is 0 Å². The second-order valence-electron chi connectivity index (χ2n) is 11.3. The van der Waals surface area contributed by atoms with Gasteiger partial charge in [-0.05, 0) is 23.7 Å². The van der Waals surface area contributed by atoms with E-state index >= 15 is 0 Å². The second kappa shape index (κ2) is 21.2. The summed E-state index contributed by atoms with van der Waals surface area (Å²) in [6.07, 6.45) is 27.8. The summed E-state index contributed by atoms with van der Waals surface area (Å²) in [6, 6.07) is 0. The number of rotatable bonds is 22. The lowest BCUT2D eigenvalue weighted by molar-refractivity contribution is 0.406. The summed E-state index contributed by atoms with van der Waals surface area (Å²) in [5.41, 5.74) is 0. The molecule has 0 aliphatic heterocycles. The van der Waals surface area contributed by atoms with Crippen LogP contribution in [0.3, 0.4) is 0 Å². The first kappa shape index (κ1) is 29.0. The predicted octanol–water partition coefficient (Wildman–Crippen LogP) is 11.0. The van der Waals surface area contributed by atoms with Crippen molar-refractivity contribution in [3.05, 3.63) is 0 Å². The Kier molecular flexibility index (Phi) is 21.2. The number of hydrogen-bond acceptors (Lipinski definition) is 0. The first-order valence-electron chi connectivity index (χ1n) is 13.9. The average Bonchev–Trinajstić information content (AvgIpc) is 2.65. The third kappa shape index (κ3) is 24.1. The predicted molar refractivity (Wildman–Crippen MR) is 136 cm³/mol. The lowest BCUT2D eigenvalue weighted by Crippen LogP contribution is -1.97. The standard InChI is InChI=1S/C29H60/c1-26(2)20-14-9-7-11-16-22-28(5)24-18-13-19-25-29(6)23-17-12-8-10-15-21-27(3)4/h26-29H,7-25H2,1-6H3. The lowest BCUT2D eigenvalue weighted by Gasteiger charge is -2.13. The smallest absolute Gasteiger partial charge is 0.0443 e. The third-order valence-electron chi connectivity index (χ3n) is 6.85. The monoisotopic (exact) mass is 408 g/mol. The van der Waals surface area contributed by atoms with Gasteiger partial charge in [-0.3, -0.25) is 0 Å². The van der Waals surface area contributed by atoms with Crippen molar-refractivity contribution in [2.24, 2.45) is 23.7 Å². The fourth-order valence-corrected chi connectivity index (χ4v) is 4.60. The molecule has 0 aromatic carbocycles. The van der Waals surface area contributed by atoms with Gasteiger partial charge in [0, 0.05) is 0 Å². The lowest BCUT2D eigenvalue weighted by atomic mass is 9.93. The summed E-state index contributed by atoms with van der Waals surface area (Å²) in [6.45, 7) is 14.4. The fourth-order valence-electron chi connectivity index (χ4n) is 4.60. The van der Waals surface area contributed by atoms with Gasteiger partial charge >= 0.3 is 0 Å². The van der Waals surface area contributed by atoms with E-state index < -0.39 is 0 Å². The Morgan fingerprint density at radius 2 is 0.483 bits per heavy atom. The molecule has 2 unspecified atom stereocenters. The molecule has 0 saturated heterocycles. The molecule has 0 spiro atoms. The van der Waals surface area contributed by atoms with Crippen LogP contribution in [0.4, 0.5) is 0 Å². The van der Waals surface area contributed by atoms with Crippen LogP contribution in [-0.4, -0.2) is 0 Å². The topological polar surface area (TPSA) is 0 Å². The Balaban J connectivity index is 3.30. The largest absolute Gasteiger partial charge is 0.0628 e. The van der Waals surface area contributed by atoms with Crippen LogP contribution in [-0.2, 0) is 0 Å². The molecule has 0 aliphatic rings. The van der Waals surface area contributed by atoms with Gasteiger partial charge in [0.1, 0.15) is 0 Å². The van der Waals surface area contributed by atoms with Gasteiger partial charge in [0.2, 0.25) is 0 Å². The van der Waals surface area contributed by atoms with E-state index in [2.05, 4.69) is 41.5 Å². The van der Waals surface area contributed by atoms with E-state index in [4.69, 9.17) is 0 Å². The van der Waals surface area contributed by atoms with Crippen molar-refractivity contribution in [2.75, 3.05) is 0 Å². The maximum atomic E-state index is 2.49. The Labute approximate surface area is 187 Å². The minimum absolute atomic E-state index is 0.891. The van der Waals surface area contributed by atoms with E-state index in [1.54, 1.807) is 0 Å². The Bertz CT molecular complexity index is 273. The van der Waals surface area contributed by atoms with Gasteiger partial charge in [-0.15, -0.1) is 0 Å². The van der Waals surface area contributed by atoms with E-state index in [9.17, 15) is 0 Å². The van der Waals surface area contributed by atoms with Crippen LogP contribution in [0.1, 0.15) is 164 Å². The van der Waals surface area contributed by atoms with Crippen molar-refractivity contribution in [1.82, 2.24) is 0 Å². The molecule has 0 fully saturated rings. The average molecular weight is 409 g/mol. The van der Waals surface area contributed by atoms with E-state index in [1.165, 1.54) is 122 Å². The molecule has 0 heterocycles. The minimum atomic E-state index is 0.891. The highest BCUT2D eigenvalue weighted by Crippen LogP contribution is 2.21. The van der Waals surface area contributed by atoms with Crippen LogP contribution in [0, 0.1) is 23.7 Å². The van der Waals surface area contributed by atoms with Crippen molar-refractivity contribution < 1.29 is 0 Å². The van der Waals surface area contributed by atoms with Crippen molar-refractivity contribution in [3.8, 4) is 0 Å². The van der Waals surface area contributed by atoms with Crippen molar-refractivity contribution >= 4 is 0 Å². The van der Waals surface area contributed by atoms with Gasteiger partial charge in [-0.25, -0.2) is 0 Å². The van der Waals surface area contributed by atoms with Gasteiger partial charge < -0.3 is 0 Å². The van der Waals surface area contributed by atoms with Crippen LogP contribution in [0.5, 0.6) is 0 Å². The van der Waals surface area contributed by atoms with Crippen LogP contribution < -0.4 is 0 Å². The van der Waals surface area contributed by atoms with Crippen molar-refractivity contribution in [1.29, 1.82) is 0 Å². The molecular weight excluding hydrogens is 348 g/mol. The minimum Gasteiger partial charge on any atom is -0.0628 e. The van der Waals surface area contributed by atoms with E-state index in [-0.39, 0.29) is 0 Å². The molecule has 0 heteroatoms. The SMILES string of the molecule is CC(C)CCCCCCCC(C)CCCCCC(C)CCCCCCCC(C)C. The van der Waals surface area contributed by atoms with Gasteiger partial charge in [-0.2, -0.15) is 0 Å². The molecule has 0 bridgehead atoms. The van der Waals surface area contributed by atoms with Crippen LogP contribution in [0.15, 0.2) is 0 Å². The molecule has 0 amide bonds. The quantitative estimate of drug-likeness (QED) is 0.156. The van der Waals surface area contributed by atoms with Crippen molar-refractivity contribution in [3.63, 3.8) is 0 Å². The highest BCUT2D eigenvalue weighted by Gasteiger charge is 2.05. The highest BCUT2D eigenvalue weighted by molar-refractivity contribution is 4.59. The Hall–Kier alpha value is 0. The maximum Gasteiger partial charge on any atom is -0.0443 e. The second-order valence-corrected chi connectivity index (χ2v) is 11.3. The molecule has 176 valence electrons. The molecule has 0 aromatic rings. The molecule has 29 heavy (non-hydrogen) atoms. The van der Waals surface area contributed by atoms with Gasteiger partial charge in [0.15, 0.2) is 0 Å². The zero-order chi connectivity index (χ0) is 21.7. The van der Waals surface area contributed by atoms with E-state index in [0.29, 0.717) is 0 Å². The Morgan fingerprint density at radius 3 is 0.759 bits per heavy atom. The summed E-state index contributed by atoms with van der Waals surface area (Å²) >= 11 is 0. The first-order chi connectivity index (χ1) is 13.9. The molecule has 0 aliphatic carbocycles. The zero-order valence-electron chi connectivity index (χ0n) is 21.7. The molecule has 2 atom stereocenters. The van der Waals surface area contributed by atoms with Crippen LogP contribution >= 0.6 is 0 Å². The fraction of sp³-hybridized carbons (Fsp3) is 1.00. The van der Waals surface area contributed by atoms with Gasteiger partial charge in [0.05, 0.1) is 0 Å². The summed E-state index contributed by atoms with van der Waals surface area (Å²) in [4.78, 5) is 0. The maximum absolute atomic E-state index is 2.49. The summed E-state index contributed by atoms with van der Waals surface area (Å²) in [7, 11) is 0. The van der Waals surface area contributed by atoms with Crippen LogP contribution in [0.2, 0.25) is 0 Å². The first-order valence-corrected chi connectivity index (χ1v) is 13.9. The van der Waals surface area contributed by atoms with E-state index in [0.717, 1.165) is 23.7 Å². The van der Waals surface area contributed by atoms with Gasteiger partial charge in [0.25, 0.3) is 0 Å². The highest BCUT2D eigenvalue weighted by atomic mass is 14.1. The molecule has 0 radical (unpaired) electrons. The molecule has 0 rings (SSSR count). The molecule has 0 nitrogen and oxygen atoms in total. The third-order valence-corrected chi connectivity index (χ3v) is 6.85. The molecular formula is C29H60. The molecule has 0 N–H and O–H groups in total. The summed E-state index contributed by atoms with van der Waals surface area (Å²) in [5, 5.41) is 0. The molecule has 0 aromatic heterocycles. The van der Waals surface area contributed by atoms with Crippen molar-refractivity contribution in [2.45, 2.75) is 164 Å². The number of hydrogen-bond donors (Lipinski definition) is 0. The van der Waals surface area contributed by atoms with E-state index in [1.807, 2.05) is 0 Å². The zero-order valence-corrected chi connectivity index (χ0v) is 21.7.